The molecule has 143 heavy (non-hydrogen) atoms. The molecule has 4 aromatic rings. The largest absolute Gasteiger partial charge is 0.481 e. The number of thioether (sulfide) groups is 1. The lowest BCUT2D eigenvalue weighted by Crippen LogP contribution is -2.55. The van der Waals surface area contributed by atoms with E-state index >= 15 is 0 Å². The molecule has 13 amide bonds. The Balaban J connectivity index is 0.807. The first-order chi connectivity index (χ1) is 67.1. The van der Waals surface area contributed by atoms with E-state index in [4.69, 9.17) is 39.5 Å². The first kappa shape index (κ1) is 120. The van der Waals surface area contributed by atoms with E-state index in [9.17, 15) is 116 Å². The smallest absolute Gasteiger partial charge is 0.480 e. The topological polar surface area (TPSA) is 698 Å². The highest BCUT2D eigenvalue weighted by Gasteiger charge is 2.52. The third kappa shape index (κ3) is 35.6. The predicted molar refractivity (Wildman–Crippen MR) is 517 cm³/mol. The van der Waals surface area contributed by atoms with Crippen LogP contribution in [0, 0.1) is 40.9 Å². The zero-order valence-corrected chi connectivity index (χ0v) is 86.5. The van der Waals surface area contributed by atoms with Gasteiger partial charge in [0.2, 0.25) is 59.1 Å². The quantitative estimate of drug-likeness (QED) is 0.0168. The molecule has 798 valence electrons. The Kier molecular flexibility index (Phi) is 46.5. The Hall–Kier alpha value is -10.1. The Bertz CT molecular complexity index is 5160. The number of aromatic nitrogens is 4. The number of likely N-dealkylation sites (N-methyl/N-ethyl adjacent to an activating group) is 2. The van der Waals surface area contributed by atoms with Gasteiger partial charge in [0.25, 0.3) is 0 Å². The number of unbranched alkanes of at least 4 members (excludes halogenated alkanes) is 2. The van der Waals surface area contributed by atoms with Gasteiger partial charge < -0.3 is 117 Å². The second-order valence-corrected chi connectivity index (χ2v) is 42.9. The molecule has 5 heterocycles. The first-order valence-corrected chi connectivity index (χ1v) is 52.7. The SMILES string of the molecule is CCC(C)C(C(CC(=O)N1CCCC1C(OC)C(C)C(=O)NC(Cc1ccccc1)C(=O)O)OC)N(C)C(=O)C(CC(=O)C(C(C)C)N(C)C(=O)OCc1ccc(NC(=O)C(CCCNC(N)=O)NC(=O)C(NC(=O)CCCCCN2C(=O)CC(SCCNC(=O)CCNC(=O)C(O)C(C)(C)COP(=O)(O)OP(=O)(O)OCC3OC(n4cnc5c(N)ncnc54)C(O)C3OP(=O)(O)O)C2=O)C(C)C)cc1)C(C)C. The fraction of sp³-hybridized carbons (Fsp3) is 0.656. The number of nitrogens with one attached hydrogen (secondary N) is 7. The van der Waals surface area contributed by atoms with Gasteiger partial charge in [-0.25, -0.2) is 43.0 Å². The lowest BCUT2D eigenvalue weighted by molar-refractivity contribution is -0.149. The molecule has 19 unspecified atom stereocenters. The number of carbonyl (C=O) groups excluding carboxylic acids is 13. The lowest BCUT2D eigenvalue weighted by Gasteiger charge is -2.41. The minimum atomic E-state index is -5.68. The fourth-order valence-electron chi connectivity index (χ4n) is 17.1. The van der Waals surface area contributed by atoms with Gasteiger partial charge >= 0.3 is 41.6 Å². The van der Waals surface area contributed by atoms with Gasteiger partial charge in [0.05, 0.1) is 67.5 Å². The normalized spacial score (nSPS) is 19.9. The number of aliphatic carboxylic acids is 1. The second kappa shape index (κ2) is 55.4. The molecule has 0 bridgehead atoms. The number of imide groups is 1. The second-order valence-electron chi connectivity index (χ2n) is 37.4. The number of fused-ring (bicyclic) bond motifs is 1. The van der Waals surface area contributed by atoms with Gasteiger partial charge in [-0.05, 0) is 85.5 Å². The number of imidazole rings is 1. The molecule has 0 saturated carbocycles. The summed E-state index contributed by atoms with van der Waals surface area (Å²) < 4.78 is 80.8. The number of anilines is 2. The Morgan fingerprint density at radius 3 is 2.02 bits per heavy atom. The zero-order chi connectivity index (χ0) is 106. The number of carboxylic acid groups (broad SMARTS) is 1. The van der Waals surface area contributed by atoms with E-state index in [-0.39, 0.29) is 136 Å². The number of aliphatic hydroxyl groups excluding tert-OH is 2. The number of methoxy groups -OCH3 is 2. The van der Waals surface area contributed by atoms with Gasteiger partial charge in [-0.1, -0.05) is 131 Å². The van der Waals surface area contributed by atoms with Crippen LogP contribution in [0.2, 0.25) is 0 Å². The van der Waals surface area contributed by atoms with Crippen LogP contribution in [-0.4, -0.2) is 315 Å². The van der Waals surface area contributed by atoms with E-state index in [2.05, 4.69) is 61.0 Å². The van der Waals surface area contributed by atoms with Crippen LogP contribution >= 0.6 is 35.2 Å². The number of phosphoric acid groups is 3. The minimum Gasteiger partial charge on any atom is -0.480 e. The number of amides is 13. The maximum Gasteiger partial charge on any atom is 0.481 e. The Morgan fingerprint density at radius 2 is 1.40 bits per heavy atom. The summed E-state index contributed by atoms with van der Waals surface area (Å²) in [4.78, 5) is 247. The Labute approximate surface area is 833 Å². The summed E-state index contributed by atoms with van der Waals surface area (Å²) in [6.07, 6.45) is -7.49. The van der Waals surface area contributed by atoms with E-state index in [1.54, 1.807) is 93.9 Å². The van der Waals surface area contributed by atoms with E-state index in [1.807, 2.05) is 27.7 Å². The number of hydrogen-bond donors (Lipinski definition) is 16. The molecule has 53 heteroatoms. The summed E-state index contributed by atoms with van der Waals surface area (Å²) in [5.74, 6) is -10.3. The van der Waals surface area contributed by atoms with E-state index in [1.165, 1.54) is 52.1 Å². The third-order valence-electron chi connectivity index (χ3n) is 25.1. The van der Waals surface area contributed by atoms with Crippen LogP contribution in [0.25, 0.3) is 11.2 Å². The monoisotopic (exact) mass is 2100 g/mol. The van der Waals surface area contributed by atoms with Gasteiger partial charge in [-0.2, -0.15) is 4.31 Å². The molecule has 19 atom stereocenters. The number of ether oxygens (including phenoxy) is 4. The summed E-state index contributed by atoms with van der Waals surface area (Å²) in [5.41, 5.74) is 10.9. The number of nitrogens with zero attached hydrogens (tertiary/aromatic N) is 8. The molecule has 3 aliphatic rings. The number of likely N-dealkylation sites (tertiary alicyclic amines) is 2. The zero-order valence-electron chi connectivity index (χ0n) is 83.0. The van der Waals surface area contributed by atoms with Crippen LogP contribution in [0.4, 0.5) is 21.1 Å². The van der Waals surface area contributed by atoms with Gasteiger partial charge in [0.15, 0.2) is 23.5 Å². The summed E-state index contributed by atoms with van der Waals surface area (Å²) >= 11 is 1.13. The first-order valence-electron chi connectivity index (χ1n) is 47.1. The molecular formula is C90H140N17O32P3S. The number of carboxylic acids is 1. The fourth-order valence-corrected chi connectivity index (χ4v) is 20.9. The van der Waals surface area contributed by atoms with Gasteiger partial charge in [-0.15, -0.1) is 11.8 Å². The Morgan fingerprint density at radius 1 is 0.727 bits per heavy atom. The van der Waals surface area contributed by atoms with E-state index in [0.29, 0.717) is 50.6 Å². The van der Waals surface area contributed by atoms with Gasteiger partial charge in [0.1, 0.15) is 61.0 Å². The number of nitrogen functional groups attached to an aromatic ring is 1. The summed E-state index contributed by atoms with van der Waals surface area (Å²) in [7, 11) is -10.7. The summed E-state index contributed by atoms with van der Waals surface area (Å²) in [5, 5.41) is 49.5. The number of urea groups is 1. The number of carbonyl (C=O) groups is 14. The maximum atomic E-state index is 15.0. The van der Waals surface area contributed by atoms with Crippen molar-refractivity contribution in [2.24, 2.45) is 46.7 Å². The van der Waals surface area contributed by atoms with Crippen LogP contribution in [0.3, 0.4) is 0 Å². The van der Waals surface area contributed by atoms with Crippen molar-refractivity contribution in [1.82, 2.24) is 71.0 Å². The van der Waals surface area contributed by atoms with E-state index in [0.717, 1.165) is 39.4 Å². The number of hydrogen-bond acceptors (Lipinski definition) is 32. The molecule has 3 saturated heterocycles. The molecule has 2 aromatic heterocycles. The van der Waals surface area contributed by atoms with Crippen LogP contribution in [0.1, 0.15) is 177 Å². The highest BCUT2D eigenvalue weighted by molar-refractivity contribution is 8.00. The van der Waals surface area contributed by atoms with Crippen LogP contribution < -0.4 is 48.7 Å². The average molecular weight is 2100 g/mol. The molecule has 49 nitrogen and oxygen atoms in total. The molecular weight excluding hydrogens is 1960 g/mol. The number of primary amides is 1. The van der Waals surface area contributed by atoms with Crippen molar-refractivity contribution < 1.29 is 153 Å². The van der Waals surface area contributed by atoms with Crippen molar-refractivity contribution in [3.63, 3.8) is 0 Å². The number of Topliss-reactive ketones (excluding diaryl/α,β-unsaturated/α-hetero) is 1. The highest BCUT2D eigenvalue weighted by Crippen LogP contribution is 2.61. The number of phosphoric ester groups is 3. The van der Waals surface area contributed by atoms with Crippen molar-refractivity contribution >= 4 is 141 Å². The summed E-state index contributed by atoms with van der Waals surface area (Å²) in [6.45, 7) is 16.3. The van der Waals surface area contributed by atoms with Crippen molar-refractivity contribution in [3.8, 4) is 0 Å². The molecule has 7 rings (SSSR count). The molecule has 0 radical (unpaired) electrons. The lowest BCUT2D eigenvalue weighted by atomic mass is 9.83. The molecule has 0 aliphatic carbocycles. The van der Waals surface area contributed by atoms with E-state index < -0.39 is 221 Å². The van der Waals surface area contributed by atoms with Crippen molar-refractivity contribution in [2.75, 3.05) is 91.1 Å². The standard InChI is InChI=1S/C90H140N17O32P3S/c1-16-53(8)73(63(132-14)43-68(111)105-39-24-28-61(105)75(133-15)54(9)80(115)101-60(87(121)122)41-55-25-19-17-20-26-55)103(12)84(119)58(50(2)3)42-62(108)72(52(6)7)104(13)89(124)134-45-56-30-32-57(33-31-56)99-81(116)59(27-23-35-95-88(92)123)100-82(117)70(51(4)5)102-67(110)29-21-18-22-38-106-69(112)44-65(85(106)120)143-40-37-93-66(109)34-36-94-83(118)77(114)90(10,11)47-136-142(130,131)139-141(128,129)135-46-64-76(138-140(125,126)127)74(113)86(137-64)107-49-98-71-78(91)96-48-97-79(71)107/h17,19-20,25-26,30-33,48-54,58-61,63-65,70,72-77,86,113-114H,16,18,21-24,27-29,34-47H2,1-15H3,(H,93,109)(H,94,118)(H,99,116)(H,100,117)(H,101,115)(H,102,110)(H,121,122)(H,128,129)(H,130,131)(H2,91,96,97)(H3,92,95,123)(H2,125,126,127). The van der Waals surface area contributed by atoms with Crippen LogP contribution in [0.15, 0.2) is 67.3 Å². The van der Waals surface area contributed by atoms with Crippen molar-refractivity contribution in [3.05, 3.63) is 78.4 Å². The van der Waals surface area contributed by atoms with Crippen molar-refractivity contribution in [1.29, 1.82) is 0 Å². The van der Waals surface area contributed by atoms with Crippen LogP contribution in [0.5, 0.6) is 0 Å². The summed E-state index contributed by atoms with van der Waals surface area (Å²) in [6, 6.07) is 8.56. The van der Waals surface area contributed by atoms with Gasteiger partial charge in [0, 0.05) is 116 Å². The highest BCUT2D eigenvalue weighted by atomic mass is 32.2. The molecule has 3 aliphatic heterocycles. The number of benzene rings is 2. The average Bonchev–Trinajstić information content (AvgIpc) is 1.61. The third-order valence-corrected chi connectivity index (χ3v) is 29.4. The minimum absolute atomic E-state index is 0.00563. The maximum absolute atomic E-state index is 15.0. The molecule has 0 spiro atoms. The molecule has 18 N–H and O–H groups in total. The predicted octanol–water partition coefficient (Wildman–Crippen LogP) is 4.10. The number of aliphatic hydroxyl groups is 2. The molecule has 2 aromatic carbocycles. The number of nitrogens with two attached hydrogens (primary N) is 2. The molecule has 3 fully saturated rings. The number of rotatable bonds is 60. The van der Waals surface area contributed by atoms with Crippen LogP contribution in [-0.2, 0) is 121 Å². The van der Waals surface area contributed by atoms with Gasteiger partial charge in [-0.3, -0.25) is 75.8 Å². The van der Waals surface area contributed by atoms with Crippen molar-refractivity contribution in [2.45, 2.75) is 257 Å². The number of ketones is 1.